The van der Waals surface area contributed by atoms with E-state index in [1.165, 1.54) is 4.90 Å². The molecular weight excluding hydrogens is 277 g/mol. The fraction of sp³-hybridized carbons (Fsp3) is 0.538. The Morgan fingerprint density at radius 1 is 1.52 bits per heavy atom. The number of aromatic nitrogens is 4. The minimum absolute atomic E-state index is 0.0569. The number of hydrogen-bond donors (Lipinski definition) is 0. The van der Waals surface area contributed by atoms with E-state index < -0.39 is 5.67 Å². The van der Waals surface area contributed by atoms with Crippen molar-refractivity contribution < 1.29 is 13.7 Å². The van der Waals surface area contributed by atoms with Crippen LogP contribution < -0.4 is 0 Å². The van der Waals surface area contributed by atoms with Crippen LogP contribution in [0.2, 0.25) is 0 Å². The van der Waals surface area contributed by atoms with Gasteiger partial charge in [-0.3, -0.25) is 9.48 Å². The summed E-state index contributed by atoms with van der Waals surface area (Å²) < 4.78 is 21.5. The van der Waals surface area contributed by atoms with Crippen LogP contribution in [0, 0.1) is 6.92 Å². The van der Waals surface area contributed by atoms with Gasteiger partial charge in [-0.25, -0.2) is 4.39 Å². The van der Waals surface area contributed by atoms with E-state index in [1.807, 2.05) is 0 Å². The van der Waals surface area contributed by atoms with E-state index in [0.717, 1.165) is 0 Å². The topological polar surface area (TPSA) is 77.0 Å². The zero-order chi connectivity index (χ0) is 15.0. The third kappa shape index (κ3) is 2.53. The molecule has 3 rings (SSSR count). The summed E-state index contributed by atoms with van der Waals surface area (Å²) >= 11 is 0. The second kappa shape index (κ2) is 4.94. The van der Waals surface area contributed by atoms with Gasteiger partial charge >= 0.3 is 0 Å². The van der Waals surface area contributed by atoms with Crippen LogP contribution in [0.4, 0.5) is 4.39 Å². The number of carbonyl (C=O) groups excluding carboxylic acids is 1. The first kappa shape index (κ1) is 13.7. The lowest BCUT2D eigenvalue weighted by molar-refractivity contribution is 0.0149. The van der Waals surface area contributed by atoms with Gasteiger partial charge in [0, 0.05) is 19.8 Å². The van der Waals surface area contributed by atoms with Gasteiger partial charge in [-0.1, -0.05) is 5.16 Å². The number of aryl methyl sites for hydroxylation is 2. The monoisotopic (exact) mass is 293 g/mol. The van der Waals surface area contributed by atoms with Crippen molar-refractivity contribution in [3.05, 3.63) is 29.7 Å². The molecule has 21 heavy (non-hydrogen) atoms. The number of carbonyl (C=O) groups is 1. The number of halogens is 1. The van der Waals surface area contributed by atoms with E-state index in [-0.39, 0.29) is 24.8 Å². The summed E-state index contributed by atoms with van der Waals surface area (Å²) in [7, 11) is 1.73. The summed E-state index contributed by atoms with van der Waals surface area (Å²) in [6, 6.07) is 1.62. The molecule has 2 aromatic rings. The molecule has 0 aromatic carbocycles. The fourth-order valence-corrected chi connectivity index (χ4v) is 2.53. The van der Waals surface area contributed by atoms with E-state index in [1.54, 1.807) is 30.9 Å². The van der Waals surface area contributed by atoms with E-state index in [2.05, 4.69) is 15.2 Å². The highest BCUT2D eigenvalue weighted by atomic mass is 19.1. The molecule has 1 aliphatic rings. The Labute approximate surface area is 120 Å². The van der Waals surface area contributed by atoms with Crippen molar-refractivity contribution in [3.8, 4) is 0 Å². The Bertz CT molecular complexity index is 667. The number of hydrogen-bond acceptors (Lipinski definition) is 5. The summed E-state index contributed by atoms with van der Waals surface area (Å²) in [5.74, 6) is 0.0438. The number of piperidine rings is 1. The Morgan fingerprint density at radius 2 is 2.33 bits per heavy atom. The van der Waals surface area contributed by atoms with E-state index in [4.69, 9.17) is 4.52 Å². The van der Waals surface area contributed by atoms with Crippen molar-refractivity contribution in [3.63, 3.8) is 0 Å². The van der Waals surface area contributed by atoms with Crippen molar-refractivity contribution in [2.24, 2.45) is 7.05 Å². The van der Waals surface area contributed by atoms with E-state index in [0.29, 0.717) is 24.5 Å². The highest BCUT2D eigenvalue weighted by Crippen LogP contribution is 2.34. The molecular formula is C13H16FN5O2. The van der Waals surface area contributed by atoms with Crippen LogP contribution in [0.1, 0.15) is 35.0 Å². The SMILES string of the molecule is Cc1noc(C2(F)CCCN(C(=O)c3ccn(C)n3)C2)n1. The maximum atomic E-state index is 15.0. The quantitative estimate of drug-likeness (QED) is 0.832. The molecule has 0 radical (unpaired) electrons. The van der Waals surface area contributed by atoms with Gasteiger partial charge in [0.25, 0.3) is 11.8 Å². The molecule has 1 amide bonds. The van der Waals surface area contributed by atoms with Crippen molar-refractivity contribution in [1.82, 2.24) is 24.8 Å². The predicted molar refractivity (Wildman–Crippen MR) is 70.2 cm³/mol. The molecule has 1 unspecified atom stereocenters. The van der Waals surface area contributed by atoms with Crippen LogP contribution in [-0.2, 0) is 12.7 Å². The lowest BCUT2D eigenvalue weighted by atomic mass is 9.94. The Morgan fingerprint density at radius 3 is 2.95 bits per heavy atom. The number of nitrogens with zero attached hydrogens (tertiary/aromatic N) is 5. The van der Waals surface area contributed by atoms with Crippen LogP contribution in [0.15, 0.2) is 16.8 Å². The van der Waals surface area contributed by atoms with Crippen molar-refractivity contribution in [2.75, 3.05) is 13.1 Å². The van der Waals surface area contributed by atoms with Gasteiger partial charge in [-0.15, -0.1) is 0 Å². The number of rotatable bonds is 2. The molecule has 0 spiro atoms. The largest absolute Gasteiger partial charge is 0.336 e. The summed E-state index contributed by atoms with van der Waals surface area (Å²) in [5.41, 5.74) is -1.48. The van der Waals surface area contributed by atoms with Gasteiger partial charge in [0.1, 0.15) is 5.69 Å². The molecule has 3 heterocycles. The van der Waals surface area contributed by atoms with Crippen LogP contribution in [0.5, 0.6) is 0 Å². The lowest BCUT2D eigenvalue weighted by Gasteiger charge is -2.34. The maximum Gasteiger partial charge on any atom is 0.274 e. The minimum Gasteiger partial charge on any atom is -0.336 e. The van der Waals surface area contributed by atoms with E-state index in [9.17, 15) is 4.79 Å². The van der Waals surface area contributed by atoms with Gasteiger partial charge in [0.05, 0.1) is 6.54 Å². The first-order chi connectivity index (χ1) is 9.98. The average Bonchev–Trinajstić information content (AvgIpc) is 3.07. The molecule has 1 atom stereocenters. The first-order valence-electron chi connectivity index (χ1n) is 6.76. The number of amides is 1. The highest BCUT2D eigenvalue weighted by molar-refractivity contribution is 5.92. The number of alkyl halides is 1. The normalized spacial score (nSPS) is 22.5. The first-order valence-corrected chi connectivity index (χ1v) is 6.76. The van der Waals surface area contributed by atoms with Crippen LogP contribution in [0.25, 0.3) is 0 Å². The Balaban J connectivity index is 1.81. The third-order valence-electron chi connectivity index (χ3n) is 3.57. The lowest BCUT2D eigenvalue weighted by Crippen LogP contribution is -2.46. The summed E-state index contributed by atoms with van der Waals surface area (Å²) in [4.78, 5) is 17.8. The molecule has 1 saturated heterocycles. The Hall–Kier alpha value is -2.25. The second-order valence-electron chi connectivity index (χ2n) is 5.32. The smallest absolute Gasteiger partial charge is 0.274 e. The van der Waals surface area contributed by atoms with E-state index >= 15 is 4.39 Å². The standard InChI is InChI=1S/C13H16FN5O2/c1-9-15-12(21-17-9)13(14)5-3-6-19(8-13)11(20)10-4-7-18(2)16-10/h4,7H,3,5-6,8H2,1-2H3. The van der Waals surface area contributed by atoms with Crippen molar-refractivity contribution >= 4 is 5.91 Å². The molecule has 0 bridgehead atoms. The Kier molecular flexibility index (Phi) is 3.23. The van der Waals surface area contributed by atoms with Crippen LogP contribution in [0.3, 0.4) is 0 Å². The van der Waals surface area contributed by atoms with Gasteiger partial charge in [0.2, 0.25) is 5.67 Å². The molecule has 0 saturated carbocycles. The van der Waals surface area contributed by atoms with Gasteiger partial charge in [-0.05, 0) is 25.8 Å². The molecule has 1 aliphatic heterocycles. The average molecular weight is 293 g/mol. The highest BCUT2D eigenvalue weighted by Gasteiger charge is 2.44. The summed E-state index contributed by atoms with van der Waals surface area (Å²) in [6.07, 6.45) is 2.48. The fourth-order valence-electron chi connectivity index (χ4n) is 2.53. The molecule has 0 aliphatic carbocycles. The zero-order valence-corrected chi connectivity index (χ0v) is 11.9. The zero-order valence-electron chi connectivity index (χ0n) is 11.9. The molecule has 112 valence electrons. The van der Waals surface area contributed by atoms with Crippen LogP contribution in [-0.4, -0.2) is 43.8 Å². The molecule has 1 fully saturated rings. The second-order valence-corrected chi connectivity index (χ2v) is 5.32. The minimum atomic E-state index is -1.79. The molecule has 0 N–H and O–H groups in total. The molecule has 2 aromatic heterocycles. The third-order valence-corrected chi connectivity index (χ3v) is 3.57. The summed E-state index contributed by atoms with van der Waals surface area (Å²) in [6.45, 7) is 2.04. The van der Waals surface area contributed by atoms with Crippen LogP contribution >= 0.6 is 0 Å². The molecule has 7 nitrogen and oxygen atoms in total. The van der Waals surface area contributed by atoms with Crippen molar-refractivity contribution in [1.29, 1.82) is 0 Å². The maximum absolute atomic E-state index is 15.0. The van der Waals surface area contributed by atoms with Gasteiger partial charge in [-0.2, -0.15) is 10.1 Å². The predicted octanol–water partition coefficient (Wildman–Crippen LogP) is 1.21. The molecule has 8 heteroatoms. The van der Waals surface area contributed by atoms with Crippen molar-refractivity contribution in [2.45, 2.75) is 25.4 Å². The van der Waals surface area contributed by atoms with Gasteiger partial charge in [0.15, 0.2) is 5.82 Å². The summed E-state index contributed by atoms with van der Waals surface area (Å²) in [5, 5.41) is 7.69. The van der Waals surface area contributed by atoms with Gasteiger partial charge < -0.3 is 9.42 Å². The number of likely N-dealkylation sites (tertiary alicyclic amines) is 1.